The summed E-state index contributed by atoms with van der Waals surface area (Å²) in [6.45, 7) is 2.12. The van der Waals surface area contributed by atoms with Crippen LogP contribution in [0.2, 0.25) is 0 Å². The van der Waals surface area contributed by atoms with Crippen LogP contribution in [0.25, 0.3) is 11.5 Å². The third-order valence-corrected chi connectivity index (χ3v) is 4.24. The highest BCUT2D eigenvalue weighted by molar-refractivity contribution is 5.47. The minimum Gasteiger partial charge on any atom is -0.338 e. The summed E-state index contributed by atoms with van der Waals surface area (Å²) in [6, 6.07) is 0.0843. The monoisotopic (exact) mass is 261 g/mol. The smallest absolute Gasteiger partial charge is 0.234 e. The van der Waals surface area contributed by atoms with E-state index >= 15 is 0 Å². The van der Waals surface area contributed by atoms with Gasteiger partial charge in [0.1, 0.15) is 5.69 Å². The molecule has 2 aromatic heterocycles. The molecule has 19 heavy (non-hydrogen) atoms. The molecule has 2 aromatic rings. The Morgan fingerprint density at radius 3 is 3.00 bits per heavy atom. The van der Waals surface area contributed by atoms with E-state index in [2.05, 4.69) is 22.0 Å². The van der Waals surface area contributed by atoms with Gasteiger partial charge in [0.25, 0.3) is 0 Å². The Hall–Kier alpha value is -1.69. The lowest BCUT2D eigenvalue weighted by Gasteiger charge is -2.35. The van der Waals surface area contributed by atoms with Crippen molar-refractivity contribution < 1.29 is 4.52 Å². The van der Waals surface area contributed by atoms with Crippen molar-refractivity contribution in [2.24, 2.45) is 12.8 Å². The number of aryl methyl sites for hydroxylation is 1. The molecule has 0 aliphatic heterocycles. The molecule has 1 aliphatic rings. The third kappa shape index (κ3) is 1.96. The molecule has 2 N–H and O–H groups in total. The molecule has 0 spiro atoms. The number of nitrogens with zero attached hydrogens (tertiary/aromatic N) is 4. The minimum atomic E-state index is -0.206. The zero-order valence-electron chi connectivity index (χ0n) is 11.3. The van der Waals surface area contributed by atoms with Gasteiger partial charge >= 0.3 is 0 Å². The van der Waals surface area contributed by atoms with E-state index in [4.69, 9.17) is 10.3 Å². The van der Waals surface area contributed by atoms with Gasteiger partial charge in [0, 0.05) is 13.1 Å². The number of imidazole rings is 1. The Morgan fingerprint density at radius 2 is 2.32 bits per heavy atom. The number of hydrogen-bond acceptors (Lipinski definition) is 5. The predicted octanol–water partition coefficient (Wildman–Crippen LogP) is 1.63. The summed E-state index contributed by atoms with van der Waals surface area (Å²) in [5.41, 5.74) is 6.90. The summed E-state index contributed by atoms with van der Waals surface area (Å²) in [4.78, 5) is 8.61. The maximum absolute atomic E-state index is 6.26. The summed E-state index contributed by atoms with van der Waals surface area (Å²) in [6.07, 6.45) is 7.81. The van der Waals surface area contributed by atoms with Crippen LogP contribution in [0.4, 0.5) is 0 Å². The molecule has 2 heterocycles. The van der Waals surface area contributed by atoms with Gasteiger partial charge in [-0.1, -0.05) is 18.0 Å². The molecule has 102 valence electrons. The normalized spacial score (nSPS) is 27.6. The van der Waals surface area contributed by atoms with Gasteiger partial charge in [0.05, 0.1) is 17.9 Å². The molecule has 6 heteroatoms. The minimum absolute atomic E-state index is 0.0843. The summed E-state index contributed by atoms with van der Waals surface area (Å²) < 4.78 is 7.35. The molecule has 6 nitrogen and oxygen atoms in total. The molecule has 0 amide bonds. The molecule has 0 radical (unpaired) electrons. The fourth-order valence-corrected chi connectivity index (χ4v) is 2.76. The first kappa shape index (κ1) is 12.3. The van der Waals surface area contributed by atoms with Crippen LogP contribution in [0, 0.1) is 0 Å². The lowest BCUT2D eigenvalue weighted by atomic mass is 9.72. The second-order valence-electron chi connectivity index (χ2n) is 5.58. The molecule has 1 saturated carbocycles. The van der Waals surface area contributed by atoms with Gasteiger partial charge < -0.3 is 14.8 Å². The van der Waals surface area contributed by atoms with Gasteiger partial charge in [-0.05, 0) is 19.8 Å². The highest BCUT2D eigenvalue weighted by Gasteiger charge is 2.40. The van der Waals surface area contributed by atoms with Crippen molar-refractivity contribution in [3.05, 3.63) is 18.4 Å². The number of rotatable bonds is 2. The second-order valence-corrected chi connectivity index (χ2v) is 5.58. The lowest BCUT2D eigenvalue weighted by molar-refractivity contribution is 0.203. The van der Waals surface area contributed by atoms with Gasteiger partial charge in [-0.3, -0.25) is 0 Å². The summed E-state index contributed by atoms with van der Waals surface area (Å²) >= 11 is 0. The van der Waals surface area contributed by atoms with Gasteiger partial charge in [0.15, 0.2) is 0 Å². The van der Waals surface area contributed by atoms with Crippen LogP contribution in [0.1, 0.15) is 38.5 Å². The van der Waals surface area contributed by atoms with E-state index in [1.807, 2.05) is 11.6 Å². The SMILES string of the molecule is Cn1cncc1-c1noc(C2(C)CCCCC2N)n1. The fourth-order valence-electron chi connectivity index (χ4n) is 2.76. The van der Waals surface area contributed by atoms with Crippen molar-refractivity contribution in [3.63, 3.8) is 0 Å². The standard InChI is InChI=1S/C13H19N5O/c1-13(6-4-3-5-10(13)14)12-16-11(17-19-12)9-7-15-8-18(9)2/h7-8,10H,3-6,14H2,1-2H3. The quantitative estimate of drug-likeness (QED) is 0.888. The number of nitrogens with two attached hydrogens (primary N) is 1. The molecular formula is C13H19N5O. The van der Waals surface area contributed by atoms with Gasteiger partial charge in [-0.15, -0.1) is 0 Å². The molecule has 0 saturated heterocycles. The van der Waals surface area contributed by atoms with Crippen molar-refractivity contribution in [2.75, 3.05) is 0 Å². The van der Waals surface area contributed by atoms with E-state index in [1.54, 1.807) is 12.5 Å². The van der Waals surface area contributed by atoms with Crippen LogP contribution < -0.4 is 5.73 Å². The Kier molecular flexibility index (Phi) is 2.89. The van der Waals surface area contributed by atoms with Crippen LogP contribution in [0.15, 0.2) is 17.0 Å². The summed E-state index contributed by atoms with van der Waals surface area (Å²) in [7, 11) is 1.91. The summed E-state index contributed by atoms with van der Waals surface area (Å²) in [5.74, 6) is 1.23. The number of aromatic nitrogens is 4. The van der Waals surface area contributed by atoms with Crippen molar-refractivity contribution in [3.8, 4) is 11.5 Å². The average molecular weight is 261 g/mol. The first-order chi connectivity index (χ1) is 9.11. The average Bonchev–Trinajstić information content (AvgIpc) is 3.01. The number of hydrogen-bond donors (Lipinski definition) is 1. The largest absolute Gasteiger partial charge is 0.338 e. The Morgan fingerprint density at radius 1 is 1.47 bits per heavy atom. The zero-order chi connectivity index (χ0) is 13.5. The Bertz CT molecular complexity index is 575. The Balaban J connectivity index is 1.95. The molecular weight excluding hydrogens is 242 g/mol. The van der Waals surface area contributed by atoms with E-state index in [-0.39, 0.29) is 11.5 Å². The summed E-state index contributed by atoms with van der Waals surface area (Å²) in [5, 5.41) is 4.07. The second kappa shape index (κ2) is 4.45. The molecule has 3 rings (SSSR count). The van der Waals surface area contributed by atoms with Crippen LogP contribution in [0.3, 0.4) is 0 Å². The molecule has 1 fully saturated rings. The van der Waals surface area contributed by atoms with E-state index in [9.17, 15) is 0 Å². The molecule has 0 bridgehead atoms. The van der Waals surface area contributed by atoms with Crippen LogP contribution in [0.5, 0.6) is 0 Å². The Labute approximate surface area is 112 Å². The molecule has 2 unspecified atom stereocenters. The van der Waals surface area contributed by atoms with E-state index in [1.165, 1.54) is 6.42 Å². The first-order valence-electron chi connectivity index (χ1n) is 6.68. The van der Waals surface area contributed by atoms with Crippen LogP contribution >= 0.6 is 0 Å². The van der Waals surface area contributed by atoms with E-state index in [0.29, 0.717) is 11.7 Å². The highest BCUT2D eigenvalue weighted by Crippen LogP contribution is 2.37. The van der Waals surface area contributed by atoms with Crippen molar-refractivity contribution >= 4 is 0 Å². The van der Waals surface area contributed by atoms with Crippen molar-refractivity contribution in [1.82, 2.24) is 19.7 Å². The van der Waals surface area contributed by atoms with E-state index in [0.717, 1.165) is 25.0 Å². The van der Waals surface area contributed by atoms with Crippen molar-refractivity contribution in [2.45, 2.75) is 44.1 Å². The molecule has 2 atom stereocenters. The fraction of sp³-hybridized carbons (Fsp3) is 0.615. The van der Waals surface area contributed by atoms with Gasteiger partial charge in [-0.2, -0.15) is 4.98 Å². The maximum atomic E-state index is 6.26. The highest BCUT2D eigenvalue weighted by atomic mass is 16.5. The third-order valence-electron chi connectivity index (χ3n) is 4.24. The zero-order valence-corrected chi connectivity index (χ0v) is 11.3. The van der Waals surface area contributed by atoms with E-state index < -0.39 is 0 Å². The predicted molar refractivity (Wildman–Crippen MR) is 70.3 cm³/mol. The topological polar surface area (TPSA) is 82.8 Å². The van der Waals surface area contributed by atoms with Gasteiger partial charge in [-0.25, -0.2) is 4.98 Å². The van der Waals surface area contributed by atoms with Crippen LogP contribution in [-0.2, 0) is 12.5 Å². The lowest BCUT2D eigenvalue weighted by Crippen LogP contribution is -2.45. The van der Waals surface area contributed by atoms with Crippen LogP contribution in [-0.4, -0.2) is 25.7 Å². The molecule has 0 aromatic carbocycles. The van der Waals surface area contributed by atoms with Crippen molar-refractivity contribution in [1.29, 1.82) is 0 Å². The first-order valence-corrected chi connectivity index (χ1v) is 6.68. The molecule has 1 aliphatic carbocycles. The van der Waals surface area contributed by atoms with Gasteiger partial charge in [0.2, 0.25) is 11.7 Å². The maximum Gasteiger partial charge on any atom is 0.234 e.